The summed E-state index contributed by atoms with van der Waals surface area (Å²) in [5, 5.41) is 9.88. The third-order valence-electron chi connectivity index (χ3n) is 8.65. The fraction of sp³-hybridized carbons (Fsp3) is 0.808. The molecule has 2 saturated heterocycles. The van der Waals surface area contributed by atoms with Crippen molar-refractivity contribution in [3.63, 3.8) is 0 Å². The molecule has 4 fully saturated rings. The molecule has 180 valence electrons. The molecule has 4 rings (SSSR count). The Morgan fingerprint density at radius 3 is 2.38 bits per heavy atom. The van der Waals surface area contributed by atoms with E-state index in [1.54, 1.807) is 0 Å². The van der Waals surface area contributed by atoms with Crippen LogP contribution >= 0.6 is 0 Å². The fourth-order valence-corrected chi connectivity index (χ4v) is 6.94. The van der Waals surface area contributed by atoms with Crippen LogP contribution in [0.15, 0.2) is 23.8 Å². The van der Waals surface area contributed by atoms with Crippen molar-refractivity contribution in [2.45, 2.75) is 97.4 Å². The molecule has 0 spiro atoms. The molecule has 6 atom stereocenters. The second kappa shape index (κ2) is 7.93. The Hall–Kier alpha value is -1.21. The van der Waals surface area contributed by atoms with Crippen molar-refractivity contribution in [3.05, 3.63) is 23.8 Å². The largest absolute Gasteiger partial charge is 0.478 e. The van der Waals surface area contributed by atoms with Crippen molar-refractivity contribution in [1.82, 2.24) is 0 Å². The molecule has 0 bridgehead atoms. The third kappa shape index (κ3) is 4.08. The van der Waals surface area contributed by atoms with Gasteiger partial charge in [-0.2, -0.15) is 0 Å². The van der Waals surface area contributed by atoms with Gasteiger partial charge in [0.1, 0.15) is 6.10 Å². The minimum atomic E-state index is -0.939. The van der Waals surface area contributed by atoms with E-state index in [2.05, 4.69) is 20.4 Å². The maximum absolute atomic E-state index is 12.1. The maximum atomic E-state index is 12.1. The van der Waals surface area contributed by atoms with Gasteiger partial charge in [0, 0.05) is 5.41 Å². The minimum Gasteiger partial charge on any atom is -0.478 e. The van der Waals surface area contributed by atoms with E-state index in [4.69, 9.17) is 18.9 Å². The van der Waals surface area contributed by atoms with Crippen LogP contribution in [0.3, 0.4) is 0 Å². The first-order valence-corrected chi connectivity index (χ1v) is 12.0. The monoisotopic (exact) mass is 448 g/mol. The predicted molar refractivity (Wildman–Crippen MR) is 121 cm³/mol. The van der Waals surface area contributed by atoms with E-state index in [0.29, 0.717) is 24.5 Å². The van der Waals surface area contributed by atoms with Gasteiger partial charge in [-0.25, -0.2) is 4.79 Å². The first-order chi connectivity index (χ1) is 14.8. The summed E-state index contributed by atoms with van der Waals surface area (Å²) >= 11 is 0. The summed E-state index contributed by atoms with van der Waals surface area (Å²) in [5.74, 6) is -1.57. The normalized spacial score (nSPS) is 43.4. The molecular formula is C26H40O6. The second-order valence-corrected chi connectivity index (χ2v) is 11.7. The number of hydrogen-bond acceptors (Lipinski definition) is 5. The average molecular weight is 449 g/mol. The van der Waals surface area contributed by atoms with Gasteiger partial charge in [-0.3, -0.25) is 0 Å². The standard InChI is InChI=1S/C26H40O6/c1-16-8-11-20-25(6,13-12-21-26(20,7)15-30-24(4,5)32-21)18(16)10-9-17(22(27)28)19-14-29-23(2,3)31-19/h9,18-21H,1,8,10-15H2,2-7H3,(H,27,28)/b17-9+/t18?,19-,20+,21-,25+,26+/m1/s1. The highest BCUT2D eigenvalue weighted by molar-refractivity contribution is 5.87. The number of allylic oxidation sites excluding steroid dienone is 2. The fourth-order valence-electron chi connectivity index (χ4n) is 6.94. The Bertz CT molecular complexity index is 813. The smallest absolute Gasteiger partial charge is 0.333 e. The first kappa shape index (κ1) is 23.9. The first-order valence-electron chi connectivity index (χ1n) is 12.0. The summed E-state index contributed by atoms with van der Waals surface area (Å²) in [6, 6.07) is 0. The molecule has 32 heavy (non-hydrogen) atoms. The van der Waals surface area contributed by atoms with E-state index >= 15 is 0 Å². The predicted octanol–water partition coefficient (Wildman–Crippen LogP) is 5.08. The highest BCUT2D eigenvalue weighted by atomic mass is 16.7. The van der Waals surface area contributed by atoms with Crippen LogP contribution in [-0.2, 0) is 23.7 Å². The Morgan fingerprint density at radius 2 is 1.75 bits per heavy atom. The molecular weight excluding hydrogens is 408 g/mol. The zero-order chi connectivity index (χ0) is 23.5. The molecule has 2 saturated carbocycles. The molecule has 1 unspecified atom stereocenters. The average Bonchev–Trinajstić information content (AvgIpc) is 3.03. The summed E-state index contributed by atoms with van der Waals surface area (Å²) in [5.41, 5.74) is 1.50. The minimum absolute atomic E-state index is 0.0290. The molecule has 6 nitrogen and oxygen atoms in total. The van der Waals surface area contributed by atoms with E-state index in [9.17, 15) is 9.90 Å². The summed E-state index contributed by atoms with van der Waals surface area (Å²) in [4.78, 5) is 12.1. The highest BCUT2D eigenvalue weighted by Gasteiger charge is 2.60. The van der Waals surface area contributed by atoms with E-state index in [-0.39, 0.29) is 29.5 Å². The van der Waals surface area contributed by atoms with Crippen LogP contribution in [0.5, 0.6) is 0 Å². The number of carboxylic acid groups (broad SMARTS) is 1. The summed E-state index contributed by atoms with van der Waals surface area (Å²) < 4.78 is 24.0. The van der Waals surface area contributed by atoms with Gasteiger partial charge in [0.05, 0.1) is 24.9 Å². The van der Waals surface area contributed by atoms with E-state index < -0.39 is 23.6 Å². The maximum Gasteiger partial charge on any atom is 0.333 e. The Balaban J connectivity index is 1.59. The molecule has 0 aromatic carbocycles. The summed E-state index contributed by atoms with van der Waals surface area (Å²) in [6.07, 6.45) is 6.24. The van der Waals surface area contributed by atoms with Crippen molar-refractivity contribution in [1.29, 1.82) is 0 Å². The Kier molecular flexibility index (Phi) is 5.93. The van der Waals surface area contributed by atoms with Crippen molar-refractivity contribution in [3.8, 4) is 0 Å². The van der Waals surface area contributed by atoms with Gasteiger partial charge in [-0.1, -0.05) is 32.1 Å². The van der Waals surface area contributed by atoms with Crippen molar-refractivity contribution in [2.75, 3.05) is 13.2 Å². The second-order valence-electron chi connectivity index (χ2n) is 11.7. The molecule has 1 N–H and O–H groups in total. The lowest BCUT2D eigenvalue weighted by molar-refractivity contribution is -0.344. The zero-order valence-corrected chi connectivity index (χ0v) is 20.5. The molecule has 0 aromatic heterocycles. The lowest BCUT2D eigenvalue weighted by Crippen LogP contribution is -2.62. The number of carboxylic acids is 1. The Morgan fingerprint density at radius 1 is 1.06 bits per heavy atom. The molecule has 0 aromatic rings. The molecule has 0 radical (unpaired) electrons. The van der Waals surface area contributed by atoms with Gasteiger partial charge < -0.3 is 24.1 Å². The highest BCUT2D eigenvalue weighted by Crippen LogP contribution is 2.63. The molecule has 2 aliphatic carbocycles. The number of hydrogen-bond donors (Lipinski definition) is 1. The van der Waals surface area contributed by atoms with Gasteiger partial charge in [0.2, 0.25) is 0 Å². The number of rotatable bonds is 4. The van der Waals surface area contributed by atoms with E-state index in [0.717, 1.165) is 25.7 Å². The van der Waals surface area contributed by atoms with Crippen molar-refractivity contribution in [2.24, 2.45) is 22.7 Å². The lowest BCUT2D eigenvalue weighted by Gasteiger charge is -2.63. The number of aliphatic carboxylic acids is 1. The van der Waals surface area contributed by atoms with E-state index in [1.807, 2.05) is 33.8 Å². The lowest BCUT2D eigenvalue weighted by atomic mass is 9.46. The topological polar surface area (TPSA) is 74.2 Å². The van der Waals surface area contributed by atoms with Crippen molar-refractivity contribution < 1.29 is 28.8 Å². The molecule has 6 heteroatoms. The summed E-state index contributed by atoms with van der Waals surface area (Å²) in [6.45, 7) is 17.7. The number of fused-ring (bicyclic) bond motifs is 3. The van der Waals surface area contributed by atoms with Crippen LogP contribution in [0.4, 0.5) is 0 Å². The van der Waals surface area contributed by atoms with Crippen LogP contribution < -0.4 is 0 Å². The van der Waals surface area contributed by atoms with Crippen LogP contribution in [-0.4, -0.2) is 48.1 Å². The molecule has 4 aliphatic rings. The van der Waals surface area contributed by atoms with Gasteiger partial charge in [-0.05, 0) is 77.0 Å². The van der Waals surface area contributed by atoms with Crippen molar-refractivity contribution >= 4 is 5.97 Å². The quantitative estimate of drug-likeness (QED) is 0.478. The van der Waals surface area contributed by atoms with E-state index in [1.165, 1.54) is 5.57 Å². The van der Waals surface area contributed by atoms with Gasteiger partial charge in [-0.15, -0.1) is 0 Å². The summed E-state index contributed by atoms with van der Waals surface area (Å²) in [7, 11) is 0. The van der Waals surface area contributed by atoms with Crippen LogP contribution in [0.2, 0.25) is 0 Å². The third-order valence-corrected chi connectivity index (χ3v) is 8.65. The molecule has 2 heterocycles. The number of carbonyl (C=O) groups is 1. The zero-order valence-electron chi connectivity index (χ0n) is 20.5. The van der Waals surface area contributed by atoms with Gasteiger partial charge in [0.15, 0.2) is 11.6 Å². The SMILES string of the molecule is C=C1CC[C@@H]2[C@]3(C)COC(C)(C)O[C@@H]3CC[C@@]2(C)C1C/C=C(/C(=O)O)[C@H]1COC(C)(C)O1. The number of ether oxygens (including phenoxy) is 4. The molecule has 2 aliphatic heterocycles. The van der Waals surface area contributed by atoms with Gasteiger partial charge in [0.25, 0.3) is 0 Å². The van der Waals surface area contributed by atoms with Crippen LogP contribution in [0.1, 0.15) is 73.6 Å². The molecule has 0 amide bonds. The Labute approximate surface area is 192 Å². The van der Waals surface area contributed by atoms with Gasteiger partial charge >= 0.3 is 5.97 Å². The van der Waals surface area contributed by atoms with Crippen LogP contribution in [0.25, 0.3) is 0 Å². The van der Waals surface area contributed by atoms with Crippen LogP contribution in [0, 0.1) is 22.7 Å².